The highest BCUT2D eigenvalue weighted by molar-refractivity contribution is 8.00. The second-order valence-electron chi connectivity index (χ2n) is 19.7. The van der Waals surface area contributed by atoms with Gasteiger partial charge in [0, 0.05) is 110 Å². The number of piperazine rings is 2. The van der Waals surface area contributed by atoms with Crippen LogP contribution < -0.4 is 14.9 Å². The number of thioether (sulfide) groups is 2. The first kappa shape index (κ1) is 50.7. The number of alkyl halides is 3. The smallest absolute Gasteiger partial charge is 0.446 e. The van der Waals surface area contributed by atoms with E-state index < -0.39 is 26.3 Å². The van der Waals surface area contributed by atoms with Gasteiger partial charge in [0.05, 0.1) is 4.90 Å². The Morgan fingerprint density at radius 2 is 1.49 bits per heavy atom. The standard InChI is InChI=1S/C51H65F3N6O4S3/c1-49(2,3)60-31-27-57(28-32-60)24-22-40(36-65-43-9-7-6-8-10-43)55-46-20-19-44(33-47(46)66-51(52,53)54)67(63,64)56-48(62)38-11-15-41(16-12-38)59-29-25-58(26-30-59)35-39-34-50(4,5)23-21-45(39)37-13-17-42(61)18-14-37/h6-20,33,40,55,61H,21-32,34-36H2,1-5H3,(H,56,62)/t40-/m1/s1. The first-order valence-corrected chi connectivity index (χ1v) is 26.4. The van der Waals surface area contributed by atoms with Crippen molar-refractivity contribution in [1.82, 2.24) is 19.4 Å². The summed E-state index contributed by atoms with van der Waals surface area (Å²) in [6, 6.07) is 27.4. The van der Waals surface area contributed by atoms with Crippen LogP contribution in [0, 0.1) is 5.41 Å². The van der Waals surface area contributed by atoms with E-state index in [1.165, 1.54) is 28.8 Å². The van der Waals surface area contributed by atoms with E-state index in [-0.39, 0.29) is 50.7 Å². The van der Waals surface area contributed by atoms with Crippen LogP contribution in [0.3, 0.4) is 0 Å². The number of hydrogen-bond donors (Lipinski definition) is 3. The molecule has 0 aromatic heterocycles. The number of carbonyl (C=O) groups excluding carboxylic acids is 1. The zero-order valence-corrected chi connectivity index (χ0v) is 41.7. The van der Waals surface area contributed by atoms with E-state index in [0.29, 0.717) is 12.2 Å². The summed E-state index contributed by atoms with van der Waals surface area (Å²) in [4.78, 5) is 23.3. The van der Waals surface area contributed by atoms with Crippen LogP contribution in [-0.2, 0) is 10.0 Å². The summed E-state index contributed by atoms with van der Waals surface area (Å²) in [6.07, 6.45) is 3.80. The molecule has 0 saturated carbocycles. The Morgan fingerprint density at radius 1 is 0.836 bits per heavy atom. The second-order valence-corrected chi connectivity index (χ2v) is 23.6. The number of benzene rings is 4. The van der Waals surface area contributed by atoms with Gasteiger partial charge < -0.3 is 20.2 Å². The number of anilines is 2. The van der Waals surface area contributed by atoms with Crippen molar-refractivity contribution in [3.63, 3.8) is 0 Å². The third-order valence-corrected chi connectivity index (χ3v) is 16.3. The third-order valence-electron chi connectivity index (χ3n) is 13.1. The molecule has 67 heavy (non-hydrogen) atoms. The van der Waals surface area contributed by atoms with Gasteiger partial charge in [-0.1, -0.05) is 49.8 Å². The number of aromatic hydroxyl groups is 1. The molecule has 7 rings (SSSR count). The lowest BCUT2D eigenvalue weighted by atomic mass is 9.72. The van der Waals surface area contributed by atoms with E-state index in [1.54, 1.807) is 48.2 Å². The van der Waals surface area contributed by atoms with Crippen LogP contribution in [0.5, 0.6) is 5.75 Å². The zero-order valence-electron chi connectivity index (χ0n) is 39.2. The predicted molar refractivity (Wildman–Crippen MR) is 268 cm³/mol. The number of nitrogens with one attached hydrogen (secondary N) is 2. The number of halogens is 3. The molecule has 16 heteroatoms. The summed E-state index contributed by atoms with van der Waals surface area (Å²) < 4.78 is 71.6. The summed E-state index contributed by atoms with van der Waals surface area (Å²) in [7, 11) is -4.55. The van der Waals surface area contributed by atoms with Crippen molar-refractivity contribution in [1.29, 1.82) is 0 Å². The van der Waals surface area contributed by atoms with Crippen molar-refractivity contribution in [2.45, 2.75) is 92.1 Å². The molecule has 4 aromatic carbocycles. The number of phenolic OH excluding ortho intramolecular Hbond substituents is 1. The maximum absolute atomic E-state index is 14.1. The molecule has 3 aliphatic rings. The first-order valence-electron chi connectivity index (χ1n) is 23.2. The molecule has 2 heterocycles. The van der Waals surface area contributed by atoms with E-state index in [4.69, 9.17) is 0 Å². The molecule has 3 N–H and O–H groups in total. The van der Waals surface area contributed by atoms with Gasteiger partial charge in [0.2, 0.25) is 0 Å². The highest BCUT2D eigenvalue weighted by Crippen LogP contribution is 2.44. The fourth-order valence-corrected chi connectivity index (χ4v) is 11.9. The Labute approximate surface area is 403 Å². The molecule has 0 unspecified atom stereocenters. The highest BCUT2D eigenvalue weighted by atomic mass is 32.2. The van der Waals surface area contributed by atoms with Crippen LogP contribution in [0.1, 0.15) is 76.2 Å². The van der Waals surface area contributed by atoms with Crippen molar-refractivity contribution >= 4 is 56.4 Å². The van der Waals surface area contributed by atoms with E-state index in [1.807, 2.05) is 42.5 Å². The zero-order chi connectivity index (χ0) is 48.0. The lowest BCUT2D eigenvalue weighted by Gasteiger charge is -2.42. The van der Waals surface area contributed by atoms with E-state index in [2.05, 4.69) is 64.3 Å². The van der Waals surface area contributed by atoms with E-state index in [0.717, 1.165) is 101 Å². The van der Waals surface area contributed by atoms with Gasteiger partial charge in [-0.2, -0.15) is 13.2 Å². The van der Waals surface area contributed by atoms with Gasteiger partial charge in [-0.3, -0.25) is 14.6 Å². The summed E-state index contributed by atoms with van der Waals surface area (Å²) in [5, 5.41) is 13.2. The van der Waals surface area contributed by atoms with Crippen LogP contribution in [0.25, 0.3) is 5.57 Å². The maximum atomic E-state index is 14.1. The van der Waals surface area contributed by atoms with Gasteiger partial charge in [0.15, 0.2) is 0 Å². The topological polar surface area (TPSA) is 108 Å². The molecule has 10 nitrogen and oxygen atoms in total. The number of allylic oxidation sites excluding steroid dienone is 1. The molecule has 2 saturated heterocycles. The Balaban J connectivity index is 0.982. The molecule has 0 bridgehead atoms. The normalized spacial score (nSPS) is 18.5. The lowest BCUT2D eigenvalue weighted by molar-refractivity contribution is -0.0328. The first-order chi connectivity index (χ1) is 31.7. The van der Waals surface area contributed by atoms with E-state index in [9.17, 15) is 31.5 Å². The molecule has 362 valence electrons. The second kappa shape index (κ2) is 21.6. The minimum atomic E-state index is -4.69. The minimum absolute atomic E-state index is 0.0788. The van der Waals surface area contributed by atoms with Gasteiger partial charge in [-0.25, -0.2) is 13.1 Å². The van der Waals surface area contributed by atoms with Crippen LogP contribution in [0.4, 0.5) is 24.5 Å². The van der Waals surface area contributed by atoms with Crippen molar-refractivity contribution in [2.24, 2.45) is 5.41 Å². The Bertz CT molecular complexity index is 2430. The molecule has 0 spiro atoms. The van der Waals surface area contributed by atoms with Crippen LogP contribution in [-0.4, -0.2) is 122 Å². The van der Waals surface area contributed by atoms with Crippen molar-refractivity contribution in [3.8, 4) is 5.75 Å². The molecule has 2 aliphatic heterocycles. The largest absolute Gasteiger partial charge is 0.508 e. The molecular weight excluding hydrogens is 914 g/mol. The monoisotopic (exact) mass is 978 g/mol. The predicted octanol–water partition coefficient (Wildman–Crippen LogP) is 10.3. The number of rotatable bonds is 16. The molecule has 2 fully saturated rings. The lowest BCUT2D eigenvalue weighted by Crippen LogP contribution is -2.53. The quantitative estimate of drug-likeness (QED) is 0.0935. The summed E-state index contributed by atoms with van der Waals surface area (Å²) >= 11 is 1.23. The van der Waals surface area contributed by atoms with Gasteiger partial charge in [-0.05, 0) is 141 Å². The molecule has 1 aliphatic carbocycles. The molecule has 0 radical (unpaired) electrons. The highest BCUT2D eigenvalue weighted by Gasteiger charge is 2.33. The van der Waals surface area contributed by atoms with Gasteiger partial charge in [-0.15, -0.1) is 11.8 Å². The summed E-state index contributed by atoms with van der Waals surface area (Å²) in [5.74, 6) is -0.0381. The number of hydrogen-bond acceptors (Lipinski definition) is 11. The summed E-state index contributed by atoms with van der Waals surface area (Å²) in [6.45, 7) is 19.8. The minimum Gasteiger partial charge on any atom is -0.508 e. The third kappa shape index (κ3) is 14.4. The SMILES string of the molecule is CC1(C)CCC(c2ccc(O)cc2)=C(CN2CCN(c3ccc(C(=O)NS(=O)(=O)c4ccc(N[C@H](CCN5CCN(C(C)(C)C)CC5)CSc5ccccc5)c(SC(F)(F)F)c4)cc3)CC2)C1. The van der Waals surface area contributed by atoms with Gasteiger partial charge >= 0.3 is 5.51 Å². The van der Waals surface area contributed by atoms with Gasteiger partial charge in [0.1, 0.15) is 5.75 Å². The van der Waals surface area contributed by atoms with Crippen molar-refractivity contribution in [3.05, 3.63) is 114 Å². The molecule has 1 atom stereocenters. The van der Waals surface area contributed by atoms with Crippen molar-refractivity contribution in [2.75, 3.05) is 81.4 Å². The number of carbonyl (C=O) groups is 1. The average molecular weight is 979 g/mol. The number of nitrogens with zero attached hydrogens (tertiary/aromatic N) is 4. The molecule has 1 amide bonds. The fourth-order valence-electron chi connectivity index (χ4n) is 9.18. The van der Waals surface area contributed by atoms with Gasteiger partial charge in [0.25, 0.3) is 15.9 Å². The number of sulfonamides is 1. The average Bonchev–Trinajstić information content (AvgIpc) is 3.28. The van der Waals surface area contributed by atoms with Crippen LogP contribution in [0.2, 0.25) is 0 Å². The maximum Gasteiger partial charge on any atom is 0.446 e. The van der Waals surface area contributed by atoms with E-state index >= 15 is 0 Å². The number of phenols is 1. The molecule has 4 aromatic rings. The Morgan fingerprint density at radius 3 is 2.13 bits per heavy atom. The fraction of sp³-hybridized carbons (Fsp3) is 0.471. The van der Waals surface area contributed by atoms with Crippen molar-refractivity contribution < 1.29 is 31.5 Å². The van der Waals surface area contributed by atoms with Crippen LogP contribution >= 0.6 is 23.5 Å². The van der Waals surface area contributed by atoms with Crippen LogP contribution in [0.15, 0.2) is 117 Å². The summed E-state index contributed by atoms with van der Waals surface area (Å²) in [5.41, 5.74) is 0.777. The number of amides is 1. The Kier molecular flexibility index (Phi) is 16.4. The Hall–Kier alpha value is -4.19. The molecular formula is C51H65F3N6O4S3.